The molecule has 2 aliphatic heterocycles. The number of para-hydroxylation sites is 1. The zero-order valence-electron chi connectivity index (χ0n) is 24.8. The standard InChI is InChI=1S/C30H36N6O7/c1-17-13-36(19(3)15-37)29(39)21-7-6-8-22(32-28(38)23-11-18(2)33-35(23)5)27(21)43-26(17)14-34(4)30(40)31-20-9-10-24-25(12-20)42-16-41-24/h6-12,17,19,26,37H,13-16H2,1-5H3,(H,31,40)(H,32,38)/t17-,19+,26+/m0/s1. The van der Waals surface area contributed by atoms with Crippen LogP contribution in [0.3, 0.4) is 0 Å². The number of ether oxygens (including phenoxy) is 3. The second-order valence-corrected chi connectivity index (χ2v) is 10.9. The minimum absolute atomic E-state index is 0.129. The number of amides is 4. The van der Waals surface area contributed by atoms with Crippen LogP contribution in [0.15, 0.2) is 42.5 Å². The summed E-state index contributed by atoms with van der Waals surface area (Å²) in [6.07, 6.45) is -0.579. The van der Waals surface area contributed by atoms with Crippen LogP contribution >= 0.6 is 0 Å². The Balaban J connectivity index is 1.42. The number of aliphatic hydroxyl groups is 1. The Bertz CT molecular complexity index is 1540. The van der Waals surface area contributed by atoms with E-state index in [1.54, 1.807) is 75.3 Å². The van der Waals surface area contributed by atoms with E-state index in [0.717, 1.165) is 0 Å². The lowest BCUT2D eigenvalue weighted by Crippen LogP contribution is -2.50. The molecule has 13 nitrogen and oxygen atoms in total. The Labute approximate surface area is 249 Å². The third-order valence-electron chi connectivity index (χ3n) is 7.60. The molecule has 0 bridgehead atoms. The summed E-state index contributed by atoms with van der Waals surface area (Å²) in [6.45, 7) is 5.82. The van der Waals surface area contributed by atoms with Crippen molar-refractivity contribution in [2.75, 3.05) is 44.2 Å². The molecule has 3 N–H and O–H groups in total. The Morgan fingerprint density at radius 1 is 1.16 bits per heavy atom. The van der Waals surface area contributed by atoms with Gasteiger partial charge < -0.3 is 39.8 Å². The van der Waals surface area contributed by atoms with E-state index in [1.165, 1.54) is 9.58 Å². The molecule has 228 valence electrons. The summed E-state index contributed by atoms with van der Waals surface area (Å²) in [5.41, 5.74) is 2.11. The summed E-state index contributed by atoms with van der Waals surface area (Å²) in [4.78, 5) is 43.2. The summed E-state index contributed by atoms with van der Waals surface area (Å²) in [5, 5.41) is 19.9. The number of carbonyl (C=O) groups excluding carboxylic acids is 3. The van der Waals surface area contributed by atoms with Gasteiger partial charge in [-0.05, 0) is 44.2 Å². The summed E-state index contributed by atoms with van der Waals surface area (Å²) in [5.74, 6) is 0.349. The summed E-state index contributed by atoms with van der Waals surface area (Å²) < 4.78 is 18.7. The normalized spacial score (nSPS) is 18.2. The predicted octanol–water partition coefficient (Wildman–Crippen LogP) is 3.09. The van der Waals surface area contributed by atoms with Crippen molar-refractivity contribution in [1.29, 1.82) is 0 Å². The van der Waals surface area contributed by atoms with E-state index in [0.29, 0.717) is 34.3 Å². The smallest absolute Gasteiger partial charge is 0.321 e. The molecule has 5 rings (SSSR count). The maximum atomic E-state index is 13.7. The average molecular weight is 593 g/mol. The fourth-order valence-corrected chi connectivity index (χ4v) is 5.12. The van der Waals surface area contributed by atoms with Gasteiger partial charge in [0.05, 0.1) is 36.1 Å². The van der Waals surface area contributed by atoms with Gasteiger partial charge in [0, 0.05) is 38.3 Å². The van der Waals surface area contributed by atoms with Gasteiger partial charge in [0.1, 0.15) is 11.8 Å². The van der Waals surface area contributed by atoms with Crippen LogP contribution in [0.1, 0.15) is 40.4 Å². The average Bonchev–Trinajstić information content (AvgIpc) is 3.59. The van der Waals surface area contributed by atoms with Crippen LogP contribution in [-0.2, 0) is 7.05 Å². The van der Waals surface area contributed by atoms with E-state index in [1.807, 2.05) is 6.92 Å². The molecule has 3 aromatic rings. The van der Waals surface area contributed by atoms with Gasteiger partial charge in [-0.3, -0.25) is 14.3 Å². The van der Waals surface area contributed by atoms with E-state index in [4.69, 9.17) is 14.2 Å². The first-order chi connectivity index (χ1) is 20.5. The van der Waals surface area contributed by atoms with Crippen molar-refractivity contribution in [2.24, 2.45) is 13.0 Å². The molecular formula is C30H36N6O7. The van der Waals surface area contributed by atoms with Crippen LogP contribution in [0, 0.1) is 12.8 Å². The zero-order valence-corrected chi connectivity index (χ0v) is 24.8. The minimum atomic E-state index is -0.579. The number of urea groups is 1. The summed E-state index contributed by atoms with van der Waals surface area (Å²) >= 11 is 0. The van der Waals surface area contributed by atoms with Crippen molar-refractivity contribution in [3.8, 4) is 17.2 Å². The number of fused-ring (bicyclic) bond motifs is 2. The van der Waals surface area contributed by atoms with Crippen molar-refractivity contribution >= 4 is 29.2 Å². The first-order valence-corrected chi connectivity index (χ1v) is 14.0. The van der Waals surface area contributed by atoms with E-state index in [9.17, 15) is 19.5 Å². The van der Waals surface area contributed by atoms with Gasteiger partial charge in [-0.15, -0.1) is 0 Å². The number of likely N-dealkylation sites (N-methyl/N-ethyl adjacent to an activating group) is 1. The molecule has 1 aromatic heterocycles. The number of carbonyl (C=O) groups is 3. The summed E-state index contributed by atoms with van der Waals surface area (Å²) in [7, 11) is 3.32. The largest absolute Gasteiger partial charge is 0.485 e. The van der Waals surface area contributed by atoms with Gasteiger partial charge in [0.25, 0.3) is 11.8 Å². The molecule has 0 radical (unpaired) electrons. The van der Waals surface area contributed by atoms with Crippen molar-refractivity contribution in [1.82, 2.24) is 19.6 Å². The fraction of sp³-hybridized carbons (Fsp3) is 0.400. The van der Waals surface area contributed by atoms with Crippen LogP contribution in [0.4, 0.5) is 16.2 Å². The fourth-order valence-electron chi connectivity index (χ4n) is 5.12. The lowest BCUT2D eigenvalue weighted by molar-refractivity contribution is 0.0372. The number of benzene rings is 2. The Morgan fingerprint density at radius 2 is 1.93 bits per heavy atom. The first-order valence-electron chi connectivity index (χ1n) is 14.0. The molecule has 2 aromatic carbocycles. The highest BCUT2D eigenvalue weighted by Crippen LogP contribution is 2.36. The van der Waals surface area contributed by atoms with E-state index < -0.39 is 18.1 Å². The number of aromatic nitrogens is 2. The van der Waals surface area contributed by atoms with Gasteiger partial charge >= 0.3 is 6.03 Å². The van der Waals surface area contributed by atoms with Crippen LogP contribution in [-0.4, -0.2) is 88.2 Å². The SMILES string of the molecule is Cc1cc(C(=O)Nc2cccc3c2O[C@H](CN(C)C(=O)Nc2ccc4c(c2)OCO4)[C@@H](C)CN([C@H](C)CO)C3=O)n(C)n1. The lowest BCUT2D eigenvalue weighted by Gasteiger charge is -2.38. The second kappa shape index (κ2) is 12.2. The molecule has 0 saturated heterocycles. The molecule has 0 saturated carbocycles. The molecular weight excluding hydrogens is 556 g/mol. The number of aliphatic hydroxyl groups excluding tert-OH is 1. The van der Waals surface area contributed by atoms with E-state index >= 15 is 0 Å². The number of anilines is 2. The topological polar surface area (TPSA) is 147 Å². The van der Waals surface area contributed by atoms with Crippen LogP contribution < -0.4 is 24.8 Å². The number of rotatable bonds is 7. The Kier molecular flexibility index (Phi) is 8.44. The third-order valence-corrected chi connectivity index (χ3v) is 7.60. The van der Waals surface area contributed by atoms with Gasteiger partial charge in [-0.25, -0.2) is 4.79 Å². The molecule has 0 unspecified atom stereocenters. The molecule has 0 spiro atoms. The molecule has 0 fully saturated rings. The van der Waals surface area contributed by atoms with Crippen molar-refractivity contribution in [3.63, 3.8) is 0 Å². The lowest BCUT2D eigenvalue weighted by atomic mass is 9.99. The number of nitrogens with one attached hydrogen (secondary N) is 2. The molecule has 2 aliphatic rings. The predicted molar refractivity (Wildman–Crippen MR) is 158 cm³/mol. The van der Waals surface area contributed by atoms with E-state index in [-0.39, 0.29) is 55.7 Å². The van der Waals surface area contributed by atoms with Crippen molar-refractivity contribution < 1.29 is 33.7 Å². The highest BCUT2D eigenvalue weighted by molar-refractivity contribution is 6.06. The Morgan fingerprint density at radius 3 is 2.65 bits per heavy atom. The number of hydrogen-bond donors (Lipinski definition) is 3. The van der Waals surface area contributed by atoms with Crippen LogP contribution in [0.25, 0.3) is 0 Å². The number of aryl methyl sites for hydroxylation is 2. The minimum Gasteiger partial charge on any atom is -0.485 e. The van der Waals surface area contributed by atoms with Crippen LogP contribution in [0.5, 0.6) is 17.2 Å². The maximum absolute atomic E-state index is 13.7. The van der Waals surface area contributed by atoms with Gasteiger partial charge in [0.2, 0.25) is 6.79 Å². The maximum Gasteiger partial charge on any atom is 0.321 e. The van der Waals surface area contributed by atoms with Gasteiger partial charge in [-0.2, -0.15) is 5.10 Å². The van der Waals surface area contributed by atoms with Gasteiger partial charge in [-0.1, -0.05) is 13.0 Å². The number of nitrogens with zero attached hydrogens (tertiary/aromatic N) is 4. The van der Waals surface area contributed by atoms with Crippen molar-refractivity contribution in [2.45, 2.75) is 32.9 Å². The quantitative estimate of drug-likeness (QED) is 0.379. The summed E-state index contributed by atoms with van der Waals surface area (Å²) in [6, 6.07) is 10.9. The Hall–Kier alpha value is -4.78. The molecule has 43 heavy (non-hydrogen) atoms. The molecule has 13 heteroatoms. The zero-order chi connectivity index (χ0) is 30.8. The highest BCUT2D eigenvalue weighted by atomic mass is 16.7. The molecule has 4 amide bonds. The van der Waals surface area contributed by atoms with Crippen LogP contribution in [0.2, 0.25) is 0 Å². The highest BCUT2D eigenvalue weighted by Gasteiger charge is 2.35. The first kappa shape index (κ1) is 29.7. The molecule has 0 aliphatic carbocycles. The van der Waals surface area contributed by atoms with E-state index in [2.05, 4.69) is 15.7 Å². The molecule has 3 atom stereocenters. The monoisotopic (exact) mass is 592 g/mol. The second-order valence-electron chi connectivity index (χ2n) is 10.9. The van der Waals surface area contributed by atoms with Gasteiger partial charge in [0.15, 0.2) is 17.2 Å². The molecule has 3 heterocycles. The number of hydrogen-bond acceptors (Lipinski definition) is 8. The third kappa shape index (κ3) is 6.21. The van der Waals surface area contributed by atoms with Crippen molar-refractivity contribution in [3.05, 3.63) is 59.4 Å².